The van der Waals surface area contributed by atoms with Crippen LogP contribution in [0, 0.1) is 17.5 Å². The SMILES string of the molecule is O=C(CCc1nnc(-c2csnn2)s1)c1cc(C(=O)c2c(F)cc(F)cc2F)c[nH]1. The second-order valence-corrected chi connectivity index (χ2v) is 7.76. The number of aryl methyl sites for hydroxylation is 1. The molecule has 0 saturated heterocycles. The number of hydrogen-bond acceptors (Lipinski definition) is 8. The summed E-state index contributed by atoms with van der Waals surface area (Å²) in [7, 11) is 0. The highest BCUT2D eigenvalue weighted by Crippen LogP contribution is 2.24. The van der Waals surface area contributed by atoms with Crippen LogP contribution < -0.4 is 0 Å². The fourth-order valence-corrected chi connectivity index (χ4v) is 3.97. The van der Waals surface area contributed by atoms with Gasteiger partial charge < -0.3 is 4.98 Å². The summed E-state index contributed by atoms with van der Waals surface area (Å²) in [6, 6.07) is 2.06. The van der Waals surface area contributed by atoms with E-state index in [0.717, 1.165) is 0 Å². The highest BCUT2D eigenvalue weighted by atomic mass is 32.1. The van der Waals surface area contributed by atoms with Crippen LogP contribution in [0.4, 0.5) is 13.2 Å². The van der Waals surface area contributed by atoms with Gasteiger partial charge in [0.15, 0.2) is 16.6 Å². The molecule has 152 valence electrons. The number of nitrogens with one attached hydrogen (secondary N) is 1. The van der Waals surface area contributed by atoms with E-state index in [0.29, 0.717) is 34.3 Å². The molecular weight excluding hydrogens is 439 g/mol. The largest absolute Gasteiger partial charge is 0.358 e. The first-order valence-electron chi connectivity index (χ1n) is 8.43. The summed E-state index contributed by atoms with van der Waals surface area (Å²) in [5.41, 5.74) is -0.276. The number of carbonyl (C=O) groups excluding carboxylic acids is 2. The number of nitrogens with zero attached hydrogens (tertiary/aromatic N) is 4. The van der Waals surface area contributed by atoms with Crippen molar-refractivity contribution >= 4 is 34.4 Å². The molecule has 0 atom stereocenters. The Labute approximate surface area is 174 Å². The molecule has 30 heavy (non-hydrogen) atoms. The Morgan fingerprint density at radius 2 is 1.80 bits per heavy atom. The molecule has 0 spiro atoms. The van der Waals surface area contributed by atoms with Crippen molar-refractivity contribution in [2.75, 3.05) is 0 Å². The number of halogens is 3. The van der Waals surface area contributed by atoms with Gasteiger partial charge in [0.1, 0.15) is 28.2 Å². The Kier molecular flexibility index (Phi) is 5.50. The van der Waals surface area contributed by atoms with Crippen molar-refractivity contribution in [2.24, 2.45) is 0 Å². The average Bonchev–Trinajstić information content (AvgIpc) is 3.46. The van der Waals surface area contributed by atoms with Gasteiger partial charge in [-0.05, 0) is 17.6 Å². The van der Waals surface area contributed by atoms with Gasteiger partial charge in [-0.1, -0.05) is 15.8 Å². The quantitative estimate of drug-likeness (QED) is 0.430. The van der Waals surface area contributed by atoms with Crippen molar-refractivity contribution in [2.45, 2.75) is 12.8 Å². The number of ketones is 2. The minimum Gasteiger partial charge on any atom is -0.358 e. The van der Waals surface area contributed by atoms with Gasteiger partial charge in [-0.3, -0.25) is 9.59 Å². The number of carbonyl (C=O) groups is 2. The van der Waals surface area contributed by atoms with Crippen LogP contribution in [0.3, 0.4) is 0 Å². The van der Waals surface area contributed by atoms with Crippen molar-refractivity contribution in [1.29, 1.82) is 0 Å². The third-order valence-electron chi connectivity index (χ3n) is 4.09. The molecule has 0 bridgehead atoms. The van der Waals surface area contributed by atoms with E-state index in [-0.39, 0.29) is 23.5 Å². The van der Waals surface area contributed by atoms with Gasteiger partial charge in [0.05, 0.1) is 11.3 Å². The number of H-pyrrole nitrogens is 1. The van der Waals surface area contributed by atoms with E-state index in [1.54, 1.807) is 5.38 Å². The standard InChI is InChI=1S/C18H10F3N5O2S2/c19-9-4-10(20)16(11(21)5-9)17(28)8-3-12(22-6-8)14(27)1-2-15-24-25-18(30-15)13-7-29-26-23-13/h3-7,22H,1-2H2. The molecule has 1 aromatic carbocycles. The lowest BCUT2D eigenvalue weighted by Gasteiger charge is -2.02. The van der Waals surface area contributed by atoms with Crippen LogP contribution in [0.1, 0.15) is 37.8 Å². The fraction of sp³-hybridized carbons (Fsp3) is 0.111. The molecule has 3 heterocycles. The molecule has 0 aliphatic heterocycles. The second-order valence-electron chi connectivity index (χ2n) is 6.09. The molecule has 0 saturated carbocycles. The molecule has 0 amide bonds. The average molecular weight is 449 g/mol. The van der Waals surface area contributed by atoms with Gasteiger partial charge in [0.2, 0.25) is 0 Å². The molecule has 7 nitrogen and oxygen atoms in total. The molecule has 4 aromatic rings. The lowest BCUT2D eigenvalue weighted by Crippen LogP contribution is -2.07. The molecular formula is C18H10F3N5O2S2. The van der Waals surface area contributed by atoms with Crippen molar-refractivity contribution in [3.8, 4) is 10.7 Å². The zero-order valence-corrected chi connectivity index (χ0v) is 16.5. The van der Waals surface area contributed by atoms with Crippen LogP contribution in [-0.2, 0) is 6.42 Å². The molecule has 0 unspecified atom stereocenters. The second kappa shape index (κ2) is 8.24. The lowest BCUT2D eigenvalue weighted by atomic mass is 10.0. The maximum Gasteiger partial charge on any atom is 0.200 e. The number of Topliss-reactive ketones (excluding diaryl/α,β-unsaturated/α-hetero) is 1. The Morgan fingerprint density at radius 3 is 2.50 bits per heavy atom. The highest BCUT2D eigenvalue weighted by Gasteiger charge is 2.22. The number of rotatable bonds is 7. The fourth-order valence-electron chi connectivity index (χ4n) is 2.66. The summed E-state index contributed by atoms with van der Waals surface area (Å²) in [6.45, 7) is 0. The first kappa shape index (κ1) is 20.0. The van der Waals surface area contributed by atoms with Gasteiger partial charge in [-0.25, -0.2) is 13.2 Å². The smallest absolute Gasteiger partial charge is 0.200 e. The number of hydrogen-bond donors (Lipinski definition) is 1. The lowest BCUT2D eigenvalue weighted by molar-refractivity contribution is 0.0978. The Bertz CT molecular complexity index is 1210. The number of benzene rings is 1. The van der Waals surface area contributed by atoms with Crippen molar-refractivity contribution in [3.05, 3.63) is 69.1 Å². The van der Waals surface area contributed by atoms with E-state index in [2.05, 4.69) is 24.8 Å². The van der Waals surface area contributed by atoms with E-state index in [9.17, 15) is 22.8 Å². The minimum atomic E-state index is -1.31. The van der Waals surface area contributed by atoms with Crippen LogP contribution in [0.5, 0.6) is 0 Å². The molecule has 0 radical (unpaired) electrons. The Hall–Kier alpha value is -3.25. The summed E-state index contributed by atoms with van der Waals surface area (Å²) in [5, 5.41) is 14.9. The van der Waals surface area contributed by atoms with Crippen molar-refractivity contribution in [1.82, 2.24) is 24.8 Å². The van der Waals surface area contributed by atoms with Crippen molar-refractivity contribution in [3.63, 3.8) is 0 Å². The number of aromatic nitrogens is 5. The highest BCUT2D eigenvalue weighted by molar-refractivity contribution is 7.15. The van der Waals surface area contributed by atoms with E-state index < -0.39 is 28.8 Å². The van der Waals surface area contributed by atoms with Gasteiger partial charge in [0.25, 0.3) is 0 Å². The summed E-state index contributed by atoms with van der Waals surface area (Å²) in [6.07, 6.45) is 1.57. The molecule has 0 aliphatic carbocycles. The summed E-state index contributed by atoms with van der Waals surface area (Å²) >= 11 is 2.48. The topological polar surface area (TPSA) is 101 Å². The zero-order chi connectivity index (χ0) is 21.3. The normalized spacial score (nSPS) is 11.0. The maximum atomic E-state index is 13.8. The van der Waals surface area contributed by atoms with Crippen LogP contribution >= 0.6 is 22.9 Å². The Morgan fingerprint density at radius 1 is 1.03 bits per heavy atom. The van der Waals surface area contributed by atoms with Gasteiger partial charge in [-0.15, -0.1) is 15.3 Å². The van der Waals surface area contributed by atoms with Gasteiger partial charge in [0, 0.05) is 42.1 Å². The van der Waals surface area contributed by atoms with Gasteiger partial charge >= 0.3 is 0 Å². The molecule has 1 N–H and O–H groups in total. The Balaban J connectivity index is 1.44. The first-order chi connectivity index (χ1) is 14.4. The maximum absolute atomic E-state index is 13.8. The van der Waals surface area contributed by atoms with Gasteiger partial charge in [-0.2, -0.15) is 0 Å². The number of aromatic amines is 1. The monoisotopic (exact) mass is 449 g/mol. The van der Waals surface area contributed by atoms with E-state index >= 15 is 0 Å². The molecule has 4 rings (SSSR count). The summed E-state index contributed by atoms with van der Waals surface area (Å²) in [4.78, 5) is 27.4. The van der Waals surface area contributed by atoms with Crippen LogP contribution in [0.15, 0.2) is 29.8 Å². The van der Waals surface area contributed by atoms with E-state index in [4.69, 9.17) is 0 Å². The van der Waals surface area contributed by atoms with Crippen LogP contribution in [0.2, 0.25) is 0 Å². The molecule has 12 heteroatoms. The first-order valence-corrected chi connectivity index (χ1v) is 10.1. The van der Waals surface area contributed by atoms with Crippen molar-refractivity contribution < 1.29 is 22.8 Å². The molecule has 0 aliphatic rings. The van der Waals surface area contributed by atoms with Crippen LogP contribution in [-0.4, -0.2) is 36.3 Å². The van der Waals surface area contributed by atoms with E-state index in [1.165, 1.54) is 35.1 Å². The third kappa shape index (κ3) is 4.04. The van der Waals surface area contributed by atoms with E-state index in [1.807, 2.05) is 0 Å². The summed E-state index contributed by atoms with van der Waals surface area (Å²) in [5.74, 6) is -5.06. The predicted molar refractivity (Wildman–Crippen MR) is 102 cm³/mol. The molecule has 0 fully saturated rings. The molecule has 3 aromatic heterocycles. The predicted octanol–water partition coefficient (Wildman–Crippen LogP) is 3.85. The summed E-state index contributed by atoms with van der Waals surface area (Å²) < 4.78 is 44.4. The van der Waals surface area contributed by atoms with Crippen LogP contribution in [0.25, 0.3) is 10.7 Å². The zero-order valence-electron chi connectivity index (χ0n) is 14.9. The third-order valence-corrected chi connectivity index (χ3v) is 5.60. The minimum absolute atomic E-state index is 0.0807.